The Morgan fingerprint density at radius 2 is 2.06 bits per heavy atom. The minimum atomic E-state index is -3.32. The van der Waals surface area contributed by atoms with Crippen LogP contribution in [0.15, 0.2) is 0 Å². The molecule has 1 rings (SSSR count). The molecule has 0 bridgehead atoms. The van der Waals surface area contributed by atoms with E-state index in [0.29, 0.717) is 25.5 Å². The fraction of sp³-hybridized carbons (Fsp3) is 1.00. The molecule has 1 heterocycles. The van der Waals surface area contributed by atoms with Gasteiger partial charge in [0.05, 0.1) is 0 Å². The molecule has 0 amide bonds. The Morgan fingerprint density at radius 3 is 2.59 bits per heavy atom. The van der Waals surface area contributed by atoms with Crippen LogP contribution in [-0.4, -0.2) is 48.6 Å². The molecular formula is C11H23ClN2O2S. The molecule has 1 saturated heterocycles. The summed E-state index contributed by atoms with van der Waals surface area (Å²) >= 11 is 5.69. The third-order valence-corrected chi connectivity index (χ3v) is 5.49. The van der Waals surface area contributed by atoms with E-state index in [0.717, 1.165) is 25.7 Å². The van der Waals surface area contributed by atoms with Crippen LogP contribution in [0, 0.1) is 0 Å². The molecule has 0 aromatic rings. The zero-order valence-electron chi connectivity index (χ0n) is 10.7. The highest BCUT2D eigenvalue weighted by atomic mass is 35.5. The minimum absolute atomic E-state index is 0.114. The number of hydrogen-bond acceptors (Lipinski definition) is 2. The molecule has 1 atom stereocenters. The number of halogens is 1. The molecule has 102 valence electrons. The lowest BCUT2D eigenvalue weighted by Gasteiger charge is -2.36. The third kappa shape index (κ3) is 3.81. The summed E-state index contributed by atoms with van der Waals surface area (Å²) in [6.07, 6.45) is 3.86. The second kappa shape index (κ2) is 6.92. The fourth-order valence-electron chi connectivity index (χ4n) is 2.25. The summed E-state index contributed by atoms with van der Waals surface area (Å²) < 4.78 is 28.1. The van der Waals surface area contributed by atoms with E-state index >= 15 is 0 Å². The summed E-state index contributed by atoms with van der Waals surface area (Å²) in [5.41, 5.74) is 0. The van der Waals surface area contributed by atoms with Crippen molar-refractivity contribution in [3.63, 3.8) is 0 Å². The van der Waals surface area contributed by atoms with Crippen LogP contribution in [0.2, 0.25) is 0 Å². The second-order valence-corrected chi connectivity index (χ2v) is 6.81. The van der Waals surface area contributed by atoms with E-state index in [2.05, 4.69) is 0 Å². The number of hydrogen-bond donors (Lipinski definition) is 0. The van der Waals surface area contributed by atoms with Crippen molar-refractivity contribution in [1.29, 1.82) is 0 Å². The van der Waals surface area contributed by atoms with Crippen LogP contribution >= 0.6 is 11.6 Å². The molecule has 0 saturated carbocycles. The average Bonchev–Trinajstić information content (AvgIpc) is 2.29. The molecule has 0 aromatic carbocycles. The zero-order chi connectivity index (χ0) is 12.9. The van der Waals surface area contributed by atoms with Gasteiger partial charge in [0.1, 0.15) is 0 Å². The van der Waals surface area contributed by atoms with Crippen molar-refractivity contribution in [3.8, 4) is 0 Å². The summed E-state index contributed by atoms with van der Waals surface area (Å²) in [7, 11) is -3.32. The first kappa shape index (κ1) is 15.2. The molecule has 0 radical (unpaired) electrons. The van der Waals surface area contributed by atoms with Crippen LogP contribution in [0.3, 0.4) is 0 Å². The van der Waals surface area contributed by atoms with Gasteiger partial charge in [-0.3, -0.25) is 0 Å². The van der Waals surface area contributed by atoms with Crippen molar-refractivity contribution >= 4 is 21.8 Å². The van der Waals surface area contributed by atoms with Crippen molar-refractivity contribution in [1.82, 2.24) is 8.61 Å². The summed E-state index contributed by atoms with van der Waals surface area (Å²) in [5.74, 6) is 0.349. The Bertz CT molecular complexity index is 315. The lowest BCUT2D eigenvalue weighted by molar-refractivity contribution is 0.245. The topological polar surface area (TPSA) is 40.6 Å². The lowest BCUT2D eigenvalue weighted by atomic mass is 10.1. The van der Waals surface area contributed by atoms with Crippen molar-refractivity contribution < 1.29 is 8.42 Å². The van der Waals surface area contributed by atoms with Crippen LogP contribution in [0.4, 0.5) is 0 Å². The van der Waals surface area contributed by atoms with Gasteiger partial charge in [0, 0.05) is 31.6 Å². The van der Waals surface area contributed by atoms with Gasteiger partial charge in [-0.25, -0.2) is 0 Å². The molecule has 0 aromatic heterocycles. The monoisotopic (exact) mass is 282 g/mol. The molecule has 1 aliphatic rings. The largest absolute Gasteiger partial charge is 0.282 e. The van der Waals surface area contributed by atoms with E-state index in [1.165, 1.54) is 4.31 Å². The Labute approximate surface area is 110 Å². The van der Waals surface area contributed by atoms with Gasteiger partial charge in [0.15, 0.2) is 0 Å². The fourth-order valence-corrected chi connectivity index (χ4v) is 4.51. The van der Waals surface area contributed by atoms with Gasteiger partial charge in [0.25, 0.3) is 10.2 Å². The maximum Gasteiger partial charge on any atom is 0.282 e. The zero-order valence-corrected chi connectivity index (χ0v) is 12.3. The first-order valence-electron chi connectivity index (χ1n) is 6.37. The highest BCUT2D eigenvalue weighted by Gasteiger charge is 2.33. The van der Waals surface area contributed by atoms with E-state index in [1.54, 1.807) is 4.31 Å². The molecule has 4 nitrogen and oxygen atoms in total. The smallest absolute Gasteiger partial charge is 0.195 e. The average molecular weight is 283 g/mol. The molecular weight excluding hydrogens is 260 g/mol. The highest BCUT2D eigenvalue weighted by molar-refractivity contribution is 7.86. The summed E-state index contributed by atoms with van der Waals surface area (Å²) in [6.45, 7) is 5.57. The molecule has 0 spiro atoms. The number of alkyl halides is 1. The van der Waals surface area contributed by atoms with E-state index in [4.69, 9.17) is 11.6 Å². The van der Waals surface area contributed by atoms with Gasteiger partial charge in [-0.2, -0.15) is 17.0 Å². The van der Waals surface area contributed by atoms with Gasteiger partial charge in [0.2, 0.25) is 0 Å². The minimum Gasteiger partial charge on any atom is -0.195 e. The highest BCUT2D eigenvalue weighted by Crippen LogP contribution is 2.22. The molecule has 0 N–H and O–H groups in total. The van der Waals surface area contributed by atoms with Crippen LogP contribution in [0.25, 0.3) is 0 Å². The summed E-state index contributed by atoms with van der Waals surface area (Å²) in [5, 5.41) is 0. The van der Waals surface area contributed by atoms with E-state index in [9.17, 15) is 8.42 Å². The molecule has 0 aliphatic carbocycles. The maximum atomic E-state index is 12.5. The van der Waals surface area contributed by atoms with E-state index in [-0.39, 0.29) is 6.04 Å². The normalized spacial score (nSPS) is 23.2. The summed E-state index contributed by atoms with van der Waals surface area (Å²) in [4.78, 5) is 0. The van der Waals surface area contributed by atoms with E-state index in [1.807, 2.05) is 13.8 Å². The van der Waals surface area contributed by atoms with Gasteiger partial charge in [-0.05, 0) is 26.2 Å². The van der Waals surface area contributed by atoms with Gasteiger partial charge in [-0.15, -0.1) is 11.6 Å². The van der Waals surface area contributed by atoms with Crippen LogP contribution in [0.5, 0.6) is 0 Å². The third-order valence-electron chi connectivity index (χ3n) is 3.17. The molecule has 1 unspecified atom stereocenters. The van der Waals surface area contributed by atoms with Crippen LogP contribution in [-0.2, 0) is 10.2 Å². The number of nitrogens with zero attached hydrogens (tertiary/aromatic N) is 2. The standard InChI is InChI=1S/C11H23ClN2O2S/c1-3-8-13(10-7-12)17(15,16)14-9-5-4-6-11(14)2/h11H,3-10H2,1-2H3. The second-order valence-electron chi connectivity index (χ2n) is 4.55. The van der Waals surface area contributed by atoms with Gasteiger partial charge >= 0.3 is 0 Å². The number of piperidine rings is 1. The molecule has 1 fully saturated rings. The summed E-state index contributed by atoms with van der Waals surface area (Å²) in [6, 6.07) is 0.114. The molecule has 6 heteroatoms. The van der Waals surface area contributed by atoms with E-state index < -0.39 is 10.2 Å². The van der Waals surface area contributed by atoms with Crippen LogP contribution in [0.1, 0.15) is 39.5 Å². The van der Waals surface area contributed by atoms with Crippen molar-refractivity contribution in [2.75, 3.05) is 25.5 Å². The molecule has 1 aliphatic heterocycles. The molecule has 17 heavy (non-hydrogen) atoms. The Morgan fingerprint density at radius 1 is 1.35 bits per heavy atom. The first-order valence-corrected chi connectivity index (χ1v) is 8.30. The number of rotatable bonds is 6. The van der Waals surface area contributed by atoms with Gasteiger partial charge in [-0.1, -0.05) is 13.3 Å². The SMILES string of the molecule is CCCN(CCCl)S(=O)(=O)N1CCCCC1C. The van der Waals surface area contributed by atoms with Crippen LogP contribution < -0.4 is 0 Å². The maximum absolute atomic E-state index is 12.5. The lowest BCUT2D eigenvalue weighted by Crippen LogP contribution is -2.50. The Balaban J connectivity index is 2.81. The first-order chi connectivity index (χ1) is 8.04. The Kier molecular flexibility index (Phi) is 6.20. The van der Waals surface area contributed by atoms with Crippen molar-refractivity contribution in [3.05, 3.63) is 0 Å². The quantitative estimate of drug-likeness (QED) is 0.700. The van der Waals surface area contributed by atoms with Crippen molar-refractivity contribution in [2.24, 2.45) is 0 Å². The van der Waals surface area contributed by atoms with Crippen molar-refractivity contribution in [2.45, 2.75) is 45.6 Å². The predicted molar refractivity (Wildman–Crippen MR) is 71.5 cm³/mol. The predicted octanol–water partition coefficient (Wildman–Crippen LogP) is 2.06. The van der Waals surface area contributed by atoms with Gasteiger partial charge < -0.3 is 0 Å². The Hall–Kier alpha value is 0.160.